The summed E-state index contributed by atoms with van der Waals surface area (Å²) in [6, 6.07) is 7.11. The number of hydrogen-bond donors (Lipinski definition) is 2. The van der Waals surface area contributed by atoms with Gasteiger partial charge in [-0.1, -0.05) is 25.6 Å². The van der Waals surface area contributed by atoms with Gasteiger partial charge in [-0.05, 0) is 55.9 Å². The Balaban J connectivity index is 1.21. The molecule has 1 atom stereocenters. The van der Waals surface area contributed by atoms with Crippen molar-refractivity contribution < 1.29 is 14.4 Å². The fourth-order valence-electron chi connectivity index (χ4n) is 4.68. The fraction of sp³-hybridized carbons (Fsp3) is 0.600. The number of nitrogens with zero attached hydrogens (tertiary/aromatic N) is 3. The average Bonchev–Trinajstić information content (AvgIpc) is 3.45. The first-order valence-electron chi connectivity index (χ1n) is 12.3. The van der Waals surface area contributed by atoms with Crippen LogP contribution in [0.15, 0.2) is 29.3 Å². The van der Waals surface area contributed by atoms with Crippen molar-refractivity contribution in [3.05, 3.63) is 29.8 Å². The van der Waals surface area contributed by atoms with Crippen LogP contribution in [0.2, 0.25) is 0 Å². The standard InChI is InChI=1S/C25H35N5O3S/c1-17(2)16-29-13-9-20(10-14-29)27-23(32)18-5-7-19(8-6-18)26-22(31)15-21-24(33)28-25(34-21)30-11-3-4-12-30/h5-8,17,20-21H,3-4,9-16H2,1-2H3,(H,26,31)(H,27,32). The second kappa shape index (κ2) is 11.4. The maximum absolute atomic E-state index is 12.6. The SMILES string of the molecule is CC(C)CN1CCC(NC(=O)c2ccc(NC(=O)CC3SC(N4CCCC4)=NC3=O)cc2)CC1. The topological polar surface area (TPSA) is 94.1 Å². The summed E-state index contributed by atoms with van der Waals surface area (Å²) in [4.78, 5) is 46.1. The van der Waals surface area contributed by atoms with Crippen LogP contribution in [-0.2, 0) is 9.59 Å². The van der Waals surface area contributed by atoms with Gasteiger partial charge >= 0.3 is 0 Å². The highest BCUT2D eigenvalue weighted by atomic mass is 32.2. The number of likely N-dealkylation sites (tertiary alicyclic amines) is 2. The molecule has 2 N–H and O–H groups in total. The molecule has 3 aliphatic rings. The molecule has 1 unspecified atom stereocenters. The Morgan fingerprint density at radius 2 is 1.76 bits per heavy atom. The third-order valence-corrected chi connectivity index (χ3v) is 7.67. The fourth-order valence-corrected chi connectivity index (χ4v) is 5.80. The monoisotopic (exact) mass is 485 g/mol. The molecule has 3 aliphatic heterocycles. The van der Waals surface area contributed by atoms with Gasteiger partial charge in [0.25, 0.3) is 11.8 Å². The summed E-state index contributed by atoms with van der Waals surface area (Å²) >= 11 is 1.39. The van der Waals surface area contributed by atoms with E-state index in [1.807, 2.05) is 0 Å². The van der Waals surface area contributed by atoms with E-state index >= 15 is 0 Å². The summed E-state index contributed by atoms with van der Waals surface area (Å²) in [5.41, 5.74) is 1.19. The second-order valence-corrected chi connectivity index (χ2v) is 11.0. The van der Waals surface area contributed by atoms with Gasteiger partial charge in [0, 0.05) is 56.4 Å². The summed E-state index contributed by atoms with van der Waals surface area (Å²) in [6.45, 7) is 9.44. The van der Waals surface area contributed by atoms with E-state index in [0.717, 1.165) is 63.6 Å². The van der Waals surface area contributed by atoms with Gasteiger partial charge < -0.3 is 20.4 Å². The molecule has 0 aromatic heterocycles. The molecule has 9 heteroatoms. The van der Waals surface area contributed by atoms with E-state index in [0.29, 0.717) is 17.2 Å². The van der Waals surface area contributed by atoms with Crippen LogP contribution in [0.25, 0.3) is 0 Å². The molecule has 4 rings (SSSR count). The number of thioether (sulfide) groups is 1. The average molecular weight is 486 g/mol. The molecule has 0 aliphatic carbocycles. The van der Waals surface area contributed by atoms with Crippen molar-refractivity contribution in [3.8, 4) is 0 Å². The van der Waals surface area contributed by atoms with E-state index in [1.54, 1.807) is 24.3 Å². The first-order valence-corrected chi connectivity index (χ1v) is 13.2. The van der Waals surface area contributed by atoms with Crippen LogP contribution < -0.4 is 10.6 Å². The molecule has 0 radical (unpaired) electrons. The van der Waals surface area contributed by atoms with Crippen LogP contribution in [0.1, 0.15) is 56.3 Å². The Hall–Kier alpha value is -2.39. The Kier molecular flexibility index (Phi) is 8.26. The van der Waals surface area contributed by atoms with Gasteiger partial charge in [0.05, 0.1) is 0 Å². The number of nitrogens with one attached hydrogen (secondary N) is 2. The number of carbonyl (C=O) groups is 3. The lowest BCUT2D eigenvalue weighted by Gasteiger charge is -2.33. The molecular weight excluding hydrogens is 450 g/mol. The highest BCUT2D eigenvalue weighted by Gasteiger charge is 2.33. The summed E-state index contributed by atoms with van der Waals surface area (Å²) in [5.74, 6) is 0.112. The summed E-state index contributed by atoms with van der Waals surface area (Å²) in [6.07, 6.45) is 4.25. The predicted molar refractivity (Wildman–Crippen MR) is 136 cm³/mol. The molecule has 0 saturated carbocycles. The Morgan fingerprint density at radius 3 is 2.41 bits per heavy atom. The number of hydrogen-bond acceptors (Lipinski definition) is 6. The lowest BCUT2D eigenvalue weighted by molar-refractivity contribution is -0.121. The van der Waals surface area contributed by atoms with E-state index in [1.165, 1.54) is 11.8 Å². The number of amides is 3. The van der Waals surface area contributed by atoms with E-state index < -0.39 is 5.25 Å². The van der Waals surface area contributed by atoms with Gasteiger partial charge in [-0.15, -0.1) is 0 Å². The smallest absolute Gasteiger partial charge is 0.262 e. The first-order chi connectivity index (χ1) is 16.4. The van der Waals surface area contributed by atoms with E-state index in [4.69, 9.17) is 0 Å². The number of aliphatic imine (C=N–C) groups is 1. The normalized spacial score (nSPS) is 21.7. The second-order valence-electron chi connectivity index (χ2n) is 9.81. The van der Waals surface area contributed by atoms with Crippen molar-refractivity contribution in [2.45, 2.75) is 57.2 Å². The van der Waals surface area contributed by atoms with Crippen molar-refractivity contribution >= 4 is 40.3 Å². The van der Waals surface area contributed by atoms with Gasteiger partial charge in [-0.25, -0.2) is 0 Å². The summed E-state index contributed by atoms with van der Waals surface area (Å²) in [5, 5.41) is 6.26. The minimum absolute atomic E-state index is 0.0836. The van der Waals surface area contributed by atoms with Gasteiger partial charge in [0.2, 0.25) is 5.91 Å². The maximum atomic E-state index is 12.6. The largest absolute Gasteiger partial charge is 0.351 e. The number of amidine groups is 1. The zero-order chi connectivity index (χ0) is 24.1. The van der Waals surface area contributed by atoms with E-state index in [9.17, 15) is 14.4 Å². The van der Waals surface area contributed by atoms with Crippen LogP contribution in [0, 0.1) is 5.92 Å². The van der Waals surface area contributed by atoms with Crippen molar-refractivity contribution in [1.82, 2.24) is 15.1 Å². The van der Waals surface area contributed by atoms with Crippen LogP contribution in [-0.4, -0.2) is 76.7 Å². The molecule has 8 nitrogen and oxygen atoms in total. The number of rotatable bonds is 7. The van der Waals surface area contributed by atoms with Crippen molar-refractivity contribution in [3.63, 3.8) is 0 Å². The molecule has 34 heavy (non-hydrogen) atoms. The van der Waals surface area contributed by atoms with Crippen LogP contribution in [0.3, 0.4) is 0 Å². The molecule has 0 spiro atoms. The third kappa shape index (κ3) is 6.60. The van der Waals surface area contributed by atoms with E-state index in [-0.39, 0.29) is 30.2 Å². The molecule has 2 saturated heterocycles. The molecule has 1 aromatic carbocycles. The van der Waals surface area contributed by atoms with Crippen molar-refractivity contribution in [1.29, 1.82) is 0 Å². The van der Waals surface area contributed by atoms with Gasteiger partial charge in [-0.2, -0.15) is 4.99 Å². The van der Waals surface area contributed by atoms with Gasteiger partial charge in [0.15, 0.2) is 5.17 Å². The minimum atomic E-state index is -0.465. The molecule has 1 aromatic rings. The predicted octanol–water partition coefficient (Wildman–Crippen LogP) is 2.96. The lowest BCUT2D eigenvalue weighted by Crippen LogP contribution is -2.45. The highest BCUT2D eigenvalue weighted by molar-refractivity contribution is 8.15. The Labute approximate surface area is 205 Å². The van der Waals surface area contributed by atoms with Crippen LogP contribution in [0.4, 0.5) is 5.69 Å². The maximum Gasteiger partial charge on any atom is 0.262 e. The van der Waals surface area contributed by atoms with Crippen molar-refractivity contribution in [2.75, 3.05) is 38.0 Å². The molecule has 184 valence electrons. The van der Waals surface area contributed by atoms with Crippen LogP contribution in [0.5, 0.6) is 0 Å². The summed E-state index contributed by atoms with van der Waals surface area (Å²) < 4.78 is 0. The Morgan fingerprint density at radius 1 is 1.09 bits per heavy atom. The molecule has 0 bridgehead atoms. The molecular formula is C25H35N5O3S. The number of anilines is 1. The van der Waals surface area contributed by atoms with Crippen LogP contribution >= 0.6 is 11.8 Å². The number of piperidine rings is 1. The lowest BCUT2D eigenvalue weighted by atomic mass is 10.0. The first kappa shape index (κ1) is 24.7. The van der Waals surface area contributed by atoms with Crippen molar-refractivity contribution in [2.24, 2.45) is 10.9 Å². The minimum Gasteiger partial charge on any atom is -0.351 e. The zero-order valence-corrected chi connectivity index (χ0v) is 20.9. The summed E-state index contributed by atoms with van der Waals surface area (Å²) in [7, 11) is 0. The number of benzene rings is 1. The highest BCUT2D eigenvalue weighted by Crippen LogP contribution is 2.29. The molecule has 3 amide bonds. The van der Waals surface area contributed by atoms with Gasteiger partial charge in [-0.3, -0.25) is 14.4 Å². The zero-order valence-electron chi connectivity index (χ0n) is 20.1. The quantitative estimate of drug-likeness (QED) is 0.617. The van der Waals surface area contributed by atoms with Gasteiger partial charge in [0.1, 0.15) is 5.25 Å². The Bertz CT molecular complexity index is 919. The molecule has 2 fully saturated rings. The third-order valence-electron chi connectivity index (χ3n) is 6.45. The van der Waals surface area contributed by atoms with E-state index in [2.05, 4.69) is 39.3 Å². The molecule has 3 heterocycles. The number of carbonyl (C=O) groups excluding carboxylic acids is 3.